The fourth-order valence-corrected chi connectivity index (χ4v) is 3.31. The second-order valence-corrected chi connectivity index (χ2v) is 7.58. The largest absolute Gasteiger partial charge is 0.316 e. The van der Waals surface area contributed by atoms with Crippen molar-refractivity contribution in [1.29, 1.82) is 0 Å². The van der Waals surface area contributed by atoms with Gasteiger partial charge in [0.05, 0.1) is 22.6 Å². The van der Waals surface area contributed by atoms with Gasteiger partial charge in [0.2, 0.25) is 5.91 Å². The van der Waals surface area contributed by atoms with Gasteiger partial charge in [0.25, 0.3) is 5.69 Å². The molecule has 9 heteroatoms. The van der Waals surface area contributed by atoms with E-state index in [4.69, 9.17) is 0 Å². The predicted molar refractivity (Wildman–Crippen MR) is 113 cm³/mol. The molecule has 0 atom stereocenters. The van der Waals surface area contributed by atoms with Crippen molar-refractivity contribution in [2.45, 2.75) is 4.90 Å². The topological polar surface area (TPSA) is 89.5 Å². The third-order valence-electron chi connectivity index (χ3n) is 3.69. The first-order valence-electron chi connectivity index (χ1n) is 8.15. The van der Waals surface area contributed by atoms with Gasteiger partial charge in [-0.15, -0.1) is 11.8 Å². The number of thioether (sulfide) groups is 1. The van der Waals surface area contributed by atoms with Gasteiger partial charge in [0.1, 0.15) is 0 Å². The summed E-state index contributed by atoms with van der Waals surface area (Å²) in [4.78, 5) is 22.9. The molecule has 0 saturated carbocycles. The fourth-order valence-electron chi connectivity index (χ4n) is 2.35. The summed E-state index contributed by atoms with van der Waals surface area (Å²) in [5, 5.41) is 14.6. The molecule has 3 rings (SSSR count). The molecule has 7 nitrogen and oxygen atoms in total. The number of amides is 1. The van der Waals surface area contributed by atoms with Gasteiger partial charge in [-0.25, -0.2) is 5.43 Å². The summed E-state index contributed by atoms with van der Waals surface area (Å²) in [5.41, 5.74) is 4.32. The van der Waals surface area contributed by atoms with Crippen molar-refractivity contribution in [3.05, 3.63) is 87.1 Å². The molecule has 0 radical (unpaired) electrons. The number of aromatic nitrogens is 1. The van der Waals surface area contributed by atoms with E-state index in [9.17, 15) is 14.9 Å². The molecule has 142 valence electrons. The van der Waals surface area contributed by atoms with Crippen LogP contribution in [0.3, 0.4) is 0 Å². The third-order valence-corrected chi connectivity index (χ3v) is 5.23. The van der Waals surface area contributed by atoms with E-state index in [1.165, 1.54) is 23.9 Å². The maximum Gasteiger partial charge on any atom is 0.269 e. The third kappa shape index (κ3) is 5.30. The quantitative estimate of drug-likeness (QED) is 0.246. The number of hydrazone groups is 1. The molecule has 3 aromatic rings. The predicted octanol–water partition coefficient (Wildman–Crippen LogP) is 4.39. The molecular formula is C19H15BrN4O3S. The number of non-ortho nitro benzene ring substituents is 1. The highest BCUT2D eigenvalue weighted by Gasteiger charge is 2.06. The Morgan fingerprint density at radius 3 is 2.57 bits per heavy atom. The van der Waals surface area contributed by atoms with Crippen LogP contribution in [0.5, 0.6) is 0 Å². The van der Waals surface area contributed by atoms with Crippen LogP contribution in [-0.4, -0.2) is 27.4 Å². The minimum Gasteiger partial charge on any atom is -0.316 e. The normalized spacial score (nSPS) is 10.9. The first-order chi connectivity index (χ1) is 13.5. The van der Waals surface area contributed by atoms with Crippen LogP contribution in [0.2, 0.25) is 0 Å². The second kappa shape index (κ2) is 9.34. The van der Waals surface area contributed by atoms with Crippen molar-refractivity contribution < 1.29 is 9.72 Å². The van der Waals surface area contributed by atoms with Gasteiger partial charge in [-0.1, -0.05) is 15.9 Å². The number of halogens is 1. The summed E-state index contributed by atoms with van der Waals surface area (Å²) < 4.78 is 2.95. The Balaban J connectivity index is 1.53. The molecular weight excluding hydrogens is 444 g/mol. The number of nitrogens with one attached hydrogen (secondary N) is 1. The number of nitrogens with zero attached hydrogens (tertiary/aromatic N) is 3. The number of hydrogen-bond donors (Lipinski definition) is 1. The van der Waals surface area contributed by atoms with Crippen LogP contribution in [0.1, 0.15) is 5.69 Å². The zero-order chi connectivity index (χ0) is 19.9. The minimum atomic E-state index is -0.458. The lowest BCUT2D eigenvalue weighted by Crippen LogP contribution is -2.19. The molecule has 1 heterocycles. The lowest BCUT2D eigenvalue weighted by molar-refractivity contribution is -0.384. The van der Waals surface area contributed by atoms with Crippen molar-refractivity contribution in [3.63, 3.8) is 0 Å². The highest BCUT2D eigenvalue weighted by Crippen LogP contribution is 2.21. The van der Waals surface area contributed by atoms with Crippen LogP contribution in [0.25, 0.3) is 5.69 Å². The maximum atomic E-state index is 11.9. The number of nitro groups is 1. The SMILES string of the molecule is O=C(CSc1ccc([N+](=O)[O-])cc1)N/N=C\c1cccn1-c1ccc(Br)cc1. The molecule has 28 heavy (non-hydrogen) atoms. The van der Waals surface area contributed by atoms with Gasteiger partial charge in [-0.3, -0.25) is 14.9 Å². The van der Waals surface area contributed by atoms with Gasteiger partial charge in [0.15, 0.2) is 0 Å². The molecule has 0 aliphatic rings. The van der Waals surface area contributed by atoms with E-state index in [0.717, 1.165) is 20.7 Å². The zero-order valence-corrected chi connectivity index (χ0v) is 16.9. The first-order valence-corrected chi connectivity index (χ1v) is 9.93. The molecule has 2 aromatic carbocycles. The summed E-state index contributed by atoms with van der Waals surface area (Å²) in [5.74, 6) is -0.107. The number of benzene rings is 2. The Morgan fingerprint density at radius 2 is 1.89 bits per heavy atom. The number of carbonyl (C=O) groups excluding carboxylic acids is 1. The van der Waals surface area contributed by atoms with Gasteiger partial charge < -0.3 is 4.57 Å². The second-order valence-electron chi connectivity index (χ2n) is 5.61. The molecule has 0 bridgehead atoms. The van der Waals surface area contributed by atoms with Crippen molar-refractivity contribution in [2.75, 3.05) is 5.75 Å². The standard InChI is InChI=1S/C19H15BrN4O3S/c20-14-3-5-15(6-4-14)23-11-1-2-17(23)12-21-22-19(25)13-28-18-9-7-16(8-10-18)24(26)27/h1-12H,13H2,(H,22,25)/b21-12-. The monoisotopic (exact) mass is 458 g/mol. The Hall–Kier alpha value is -2.91. The summed E-state index contributed by atoms with van der Waals surface area (Å²) in [7, 11) is 0. The number of nitro benzene ring substituents is 1. The van der Waals surface area contributed by atoms with E-state index >= 15 is 0 Å². The van der Waals surface area contributed by atoms with Crippen LogP contribution in [0.4, 0.5) is 5.69 Å². The average molecular weight is 459 g/mol. The Kier molecular flexibility index (Phi) is 6.62. The molecule has 0 fully saturated rings. The molecule has 1 N–H and O–H groups in total. The molecule has 0 unspecified atom stereocenters. The summed E-state index contributed by atoms with van der Waals surface area (Å²) in [6, 6.07) is 17.7. The van der Waals surface area contributed by atoms with E-state index in [2.05, 4.69) is 26.5 Å². The average Bonchev–Trinajstić information content (AvgIpc) is 3.16. The summed E-state index contributed by atoms with van der Waals surface area (Å²) >= 11 is 4.69. The molecule has 0 aliphatic carbocycles. The van der Waals surface area contributed by atoms with Gasteiger partial charge >= 0.3 is 0 Å². The van der Waals surface area contributed by atoms with Crippen molar-refractivity contribution >= 4 is 45.5 Å². The molecule has 1 amide bonds. The number of rotatable bonds is 7. The molecule has 0 aliphatic heterocycles. The van der Waals surface area contributed by atoms with E-state index in [1.807, 2.05) is 47.2 Å². The van der Waals surface area contributed by atoms with E-state index in [-0.39, 0.29) is 17.3 Å². The Morgan fingerprint density at radius 1 is 1.18 bits per heavy atom. The zero-order valence-electron chi connectivity index (χ0n) is 14.5. The highest BCUT2D eigenvalue weighted by molar-refractivity contribution is 9.10. The summed E-state index contributed by atoms with van der Waals surface area (Å²) in [6.07, 6.45) is 3.49. The molecule has 0 spiro atoms. The van der Waals surface area contributed by atoms with Crippen LogP contribution < -0.4 is 5.43 Å². The number of carbonyl (C=O) groups is 1. The summed E-state index contributed by atoms with van der Waals surface area (Å²) in [6.45, 7) is 0. The Labute approximate surface area is 173 Å². The smallest absolute Gasteiger partial charge is 0.269 e. The van der Waals surface area contributed by atoms with E-state index in [1.54, 1.807) is 18.3 Å². The van der Waals surface area contributed by atoms with Crippen LogP contribution >= 0.6 is 27.7 Å². The van der Waals surface area contributed by atoms with E-state index < -0.39 is 4.92 Å². The van der Waals surface area contributed by atoms with Crippen molar-refractivity contribution in [2.24, 2.45) is 5.10 Å². The van der Waals surface area contributed by atoms with Gasteiger partial charge in [-0.2, -0.15) is 5.10 Å². The van der Waals surface area contributed by atoms with Gasteiger partial charge in [-0.05, 0) is 48.5 Å². The van der Waals surface area contributed by atoms with Crippen molar-refractivity contribution in [1.82, 2.24) is 9.99 Å². The van der Waals surface area contributed by atoms with E-state index in [0.29, 0.717) is 0 Å². The minimum absolute atomic E-state index is 0.0205. The van der Waals surface area contributed by atoms with Crippen LogP contribution in [-0.2, 0) is 4.79 Å². The number of hydrogen-bond acceptors (Lipinski definition) is 5. The maximum absolute atomic E-state index is 11.9. The highest BCUT2D eigenvalue weighted by atomic mass is 79.9. The fraction of sp³-hybridized carbons (Fsp3) is 0.0526. The van der Waals surface area contributed by atoms with Crippen LogP contribution in [0, 0.1) is 10.1 Å². The van der Waals surface area contributed by atoms with Gasteiger partial charge in [0, 0.05) is 33.4 Å². The Bertz CT molecular complexity index is 1000. The lowest BCUT2D eigenvalue weighted by Gasteiger charge is -2.06. The van der Waals surface area contributed by atoms with Crippen molar-refractivity contribution in [3.8, 4) is 5.69 Å². The molecule has 1 aromatic heterocycles. The first kappa shape index (κ1) is 19.8. The molecule has 0 saturated heterocycles. The lowest BCUT2D eigenvalue weighted by atomic mass is 10.3. The van der Waals surface area contributed by atoms with Crippen LogP contribution in [0.15, 0.2) is 81.3 Å².